The molecule has 0 aliphatic carbocycles. The van der Waals surface area contributed by atoms with E-state index in [9.17, 15) is 0 Å². The Balaban J connectivity index is 1.69. The highest BCUT2D eigenvalue weighted by atomic mass is 15.1. The van der Waals surface area contributed by atoms with Crippen molar-refractivity contribution in [1.82, 2.24) is 9.55 Å². The van der Waals surface area contributed by atoms with Gasteiger partial charge in [0.25, 0.3) is 0 Å². The number of benzene rings is 6. The molecule has 0 radical (unpaired) electrons. The number of rotatable bonds is 3. The monoisotopic (exact) mass is 492 g/mol. The number of nitrogens with zero attached hydrogens (tertiary/aromatic N) is 2. The Morgan fingerprint density at radius 1 is 0.553 bits per heavy atom. The lowest BCUT2D eigenvalue weighted by Crippen LogP contribution is -2.04. The first-order valence-corrected chi connectivity index (χ1v) is 13.7. The van der Waals surface area contributed by atoms with Crippen molar-refractivity contribution in [2.75, 3.05) is 0 Å². The van der Waals surface area contributed by atoms with Crippen molar-refractivity contribution in [1.29, 1.82) is 0 Å². The van der Waals surface area contributed by atoms with Crippen molar-refractivity contribution in [3.8, 4) is 11.4 Å². The SMILES string of the molecule is CC(C)c1cccc(C(C)C)c1-c1nc2c3ccccc3c3cc4ccc5ccccc5c4cc3c2n1C. The molecule has 6 aromatic carbocycles. The van der Waals surface area contributed by atoms with E-state index < -0.39 is 0 Å². The Kier molecular flexibility index (Phi) is 5.10. The van der Waals surface area contributed by atoms with Gasteiger partial charge in [-0.15, -0.1) is 0 Å². The zero-order valence-electron chi connectivity index (χ0n) is 22.7. The number of fused-ring (bicyclic) bond motifs is 9. The van der Waals surface area contributed by atoms with E-state index in [0.29, 0.717) is 11.8 Å². The van der Waals surface area contributed by atoms with Crippen molar-refractivity contribution >= 4 is 54.1 Å². The van der Waals surface area contributed by atoms with E-state index in [-0.39, 0.29) is 0 Å². The molecule has 0 aliphatic rings. The van der Waals surface area contributed by atoms with E-state index >= 15 is 0 Å². The summed E-state index contributed by atoms with van der Waals surface area (Å²) in [7, 11) is 2.20. The van der Waals surface area contributed by atoms with Crippen LogP contribution in [-0.4, -0.2) is 9.55 Å². The quantitative estimate of drug-likeness (QED) is 0.177. The summed E-state index contributed by atoms with van der Waals surface area (Å²) >= 11 is 0. The van der Waals surface area contributed by atoms with Gasteiger partial charge in [-0.3, -0.25) is 0 Å². The molecule has 0 unspecified atom stereocenters. The predicted molar refractivity (Wildman–Crippen MR) is 164 cm³/mol. The molecule has 7 rings (SSSR count). The van der Waals surface area contributed by atoms with Crippen LogP contribution in [0.25, 0.3) is 65.5 Å². The fraction of sp³-hybridized carbons (Fsp3) is 0.194. The van der Waals surface area contributed by atoms with Gasteiger partial charge >= 0.3 is 0 Å². The Morgan fingerprint density at radius 3 is 1.89 bits per heavy atom. The second-order valence-corrected chi connectivity index (χ2v) is 11.3. The van der Waals surface area contributed by atoms with Crippen molar-refractivity contribution in [2.45, 2.75) is 39.5 Å². The zero-order chi connectivity index (χ0) is 26.1. The average molecular weight is 493 g/mol. The summed E-state index contributed by atoms with van der Waals surface area (Å²) in [5.74, 6) is 1.88. The van der Waals surface area contributed by atoms with E-state index in [0.717, 1.165) is 11.3 Å². The molecule has 0 saturated carbocycles. The van der Waals surface area contributed by atoms with E-state index in [1.54, 1.807) is 0 Å². The van der Waals surface area contributed by atoms with Gasteiger partial charge in [0.15, 0.2) is 0 Å². The molecule has 0 N–H and O–H groups in total. The summed E-state index contributed by atoms with van der Waals surface area (Å²) in [5.41, 5.74) is 6.30. The molecule has 2 heteroatoms. The van der Waals surface area contributed by atoms with Gasteiger partial charge in [-0.1, -0.05) is 107 Å². The maximum atomic E-state index is 5.45. The third kappa shape index (κ3) is 3.23. The molecule has 0 bridgehead atoms. The van der Waals surface area contributed by atoms with Crippen molar-refractivity contribution < 1.29 is 0 Å². The van der Waals surface area contributed by atoms with Gasteiger partial charge in [-0.2, -0.15) is 0 Å². The fourth-order valence-electron chi connectivity index (χ4n) is 6.43. The van der Waals surface area contributed by atoms with Gasteiger partial charge in [0.05, 0.1) is 11.0 Å². The lowest BCUT2D eigenvalue weighted by Gasteiger charge is -2.19. The number of hydrogen-bond acceptors (Lipinski definition) is 1. The van der Waals surface area contributed by atoms with Crippen LogP contribution < -0.4 is 0 Å². The third-order valence-corrected chi connectivity index (χ3v) is 8.30. The van der Waals surface area contributed by atoms with Crippen LogP contribution in [0.2, 0.25) is 0 Å². The first kappa shape index (κ1) is 23.0. The standard InChI is InChI=1S/C36H32N2/c1-21(2)25-15-10-16-26(22(3)4)33(25)36-37-34-29-14-9-8-13-28(29)31-19-24-18-17-23-11-6-7-12-27(23)30(24)20-32(31)35(34)38(36)5/h6-22H,1-5H3. The third-order valence-electron chi connectivity index (χ3n) is 8.30. The van der Waals surface area contributed by atoms with Gasteiger partial charge in [0, 0.05) is 23.4 Å². The van der Waals surface area contributed by atoms with E-state index in [1.165, 1.54) is 65.3 Å². The summed E-state index contributed by atoms with van der Waals surface area (Å²) in [6, 6.07) is 33.5. The molecule has 186 valence electrons. The topological polar surface area (TPSA) is 17.8 Å². The second kappa shape index (κ2) is 8.43. The molecule has 2 nitrogen and oxygen atoms in total. The number of aryl methyl sites for hydroxylation is 1. The molecule has 0 saturated heterocycles. The minimum Gasteiger partial charge on any atom is -0.327 e. The van der Waals surface area contributed by atoms with Crippen LogP contribution in [0.15, 0.2) is 91.0 Å². The number of imidazole rings is 1. The molecular weight excluding hydrogens is 460 g/mol. The van der Waals surface area contributed by atoms with Gasteiger partial charge in [0.2, 0.25) is 0 Å². The van der Waals surface area contributed by atoms with Crippen LogP contribution >= 0.6 is 0 Å². The highest BCUT2D eigenvalue weighted by molar-refractivity contribution is 6.27. The summed E-state index contributed by atoms with van der Waals surface area (Å²) in [6.07, 6.45) is 0. The maximum Gasteiger partial charge on any atom is 0.141 e. The molecule has 0 amide bonds. The summed E-state index contributed by atoms with van der Waals surface area (Å²) in [4.78, 5) is 5.45. The minimum absolute atomic E-state index is 0.410. The van der Waals surface area contributed by atoms with Crippen molar-refractivity contribution in [2.24, 2.45) is 7.05 Å². The Hall–Kier alpha value is -4.17. The van der Waals surface area contributed by atoms with Crippen molar-refractivity contribution in [3.63, 3.8) is 0 Å². The normalized spacial score (nSPS) is 12.3. The van der Waals surface area contributed by atoms with Crippen LogP contribution in [0.3, 0.4) is 0 Å². The molecule has 0 fully saturated rings. The maximum absolute atomic E-state index is 5.45. The molecule has 1 heterocycles. The van der Waals surface area contributed by atoms with Gasteiger partial charge < -0.3 is 4.57 Å². The largest absolute Gasteiger partial charge is 0.327 e. The predicted octanol–water partition coefficient (Wildman–Crippen LogP) is 10.1. The molecular formula is C36H32N2. The summed E-state index contributed by atoms with van der Waals surface area (Å²) < 4.78 is 2.36. The van der Waals surface area contributed by atoms with Gasteiger partial charge in [0.1, 0.15) is 5.82 Å². The minimum atomic E-state index is 0.410. The van der Waals surface area contributed by atoms with E-state index in [1.807, 2.05) is 0 Å². The fourth-order valence-corrected chi connectivity index (χ4v) is 6.43. The lowest BCUT2D eigenvalue weighted by molar-refractivity contribution is 0.828. The Morgan fingerprint density at radius 2 is 1.18 bits per heavy atom. The second-order valence-electron chi connectivity index (χ2n) is 11.3. The molecule has 0 spiro atoms. The van der Waals surface area contributed by atoms with Crippen LogP contribution in [0.1, 0.15) is 50.7 Å². The highest BCUT2D eigenvalue weighted by Gasteiger charge is 2.23. The molecule has 0 atom stereocenters. The first-order valence-electron chi connectivity index (χ1n) is 13.7. The number of hydrogen-bond donors (Lipinski definition) is 0. The zero-order valence-corrected chi connectivity index (χ0v) is 22.7. The van der Waals surface area contributed by atoms with Crippen LogP contribution in [-0.2, 0) is 7.05 Å². The summed E-state index contributed by atoms with van der Waals surface area (Å²) in [5, 5.41) is 10.2. The van der Waals surface area contributed by atoms with Gasteiger partial charge in [-0.25, -0.2) is 4.98 Å². The van der Waals surface area contributed by atoms with Crippen LogP contribution in [0.5, 0.6) is 0 Å². The van der Waals surface area contributed by atoms with E-state index in [2.05, 4.69) is 130 Å². The highest BCUT2D eigenvalue weighted by Crippen LogP contribution is 2.42. The Labute approximate surface area is 223 Å². The van der Waals surface area contributed by atoms with Gasteiger partial charge in [-0.05, 0) is 67.4 Å². The molecule has 7 aromatic rings. The molecule has 0 aliphatic heterocycles. The first-order chi connectivity index (χ1) is 18.4. The molecule has 38 heavy (non-hydrogen) atoms. The number of aromatic nitrogens is 2. The van der Waals surface area contributed by atoms with E-state index in [4.69, 9.17) is 4.98 Å². The van der Waals surface area contributed by atoms with Crippen LogP contribution in [0.4, 0.5) is 0 Å². The summed E-state index contributed by atoms with van der Waals surface area (Å²) in [6.45, 7) is 9.14. The van der Waals surface area contributed by atoms with Crippen molar-refractivity contribution in [3.05, 3.63) is 102 Å². The molecule has 1 aromatic heterocycles. The Bertz CT molecular complexity index is 2010. The average Bonchev–Trinajstić information content (AvgIpc) is 3.28. The smallest absolute Gasteiger partial charge is 0.141 e. The lowest BCUT2D eigenvalue weighted by atomic mass is 9.88. The van der Waals surface area contributed by atoms with Crippen LogP contribution in [0, 0.1) is 0 Å².